The predicted octanol–water partition coefficient (Wildman–Crippen LogP) is 4.08. The molecule has 1 N–H and O–H groups in total. The van der Waals surface area contributed by atoms with E-state index in [0.29, 0.717) is 6.04 Å². The van der Waals surface area contributed by atoms with Crippen molar-refractivity contribution in [2.75, 3.05) is 5.32 Å². The highest BCUT2D eigenvalue weighted by Crippen LogP contribution is 2.21. The maximum absolute atomic E-state index is 4.17. The molecule has 2 aromatic heterocycles. The first-order valence-electron chi connectivity index (χ1n) is 4.66. The highest BCUT2D eigenvalue weighted by atomic mass is 79.9. The second-order valence-corrected chi connectivity index (χ2v) is 4.88. The van der Waals surface area contributed by atoms with Crippen LogP contribution in [0.1, 0.15) is 18.5 Å². The van der Waals surface area contributed by atoms with Gasteiger partial charge in [-0.25, -0.2) is 4.98 Å². The summed E-state index contributed by atoms with van der Waals surface area (Å²) in [6.45, 7) is 2.14. The molecule has 0 saturated carbocycles. The lowest BCUT2D eigenvalue weighted by Gasteiger charge is -2.13. The molecule has 0 bridgehead atoms. The fraction of sp³-hybridized carbons (Fsp3) is 0.182. The molecular weight excluding hydrogens is 272 g/mol. The average Bonchev–Trinajstić information content (AvgIpc) is 2.74. The van der Waals surface area contributed by atoms with E-state index < -0.39 is 0 Å². The van der Waals surface area contributed by atoms with Crippen LogP contribution >= 0.6 is 27.3 Å². The number of rotatable bonds is 3. The Hall–Kier alpha value is -0.870. The molecule has 0 aromatic carbocycles. The van der Waals surface area contributed by atoms with E-state index in [-0.39, 0.29) is 0 Å². The third-order valence-corrected chi connectivity index (χ3v) is 3.32. The standard InChI is InChI=1S/C11H11BrN2S/c1-8(9-4-5-15-7-9)14-10-2-3-11(12)13-6-10/h2-8,14H,1H3. The van der Waals surface area contributed by atoms with Crippen molar-refractivity contribution < 1.29 is 0 Å². The van der Waals surface area contributed by atoms with E-state index in [1.807, 2.05) is 18.3 Å². The predicted molar refractivity (Wildman–Crippen MR) is 68.3 cm³/mol. The lowest BCUT2D eigenvalue weighted by molar-refractivity contribution is 0.888. The number of aromatic nitrogens is 1. The minimum absolute atomic E-state index is 0.319. The summed E-state index contributed by atoms with van der Waals surface area (Å²) in [7, 11) is 0. The van der Waals surface area contributed by atoms with Crippen molar-refractivity contribution in [2.24, 2.45) is 0 Å². The van der Waals surface area contributed by atoms with Crippen LogP contribution in [0, 0.1) is 0 Å². The van der Waals surface area contributed by atoms with Crippen LogP contribution in [0.2, 0.25) is 0 Å². The molecule has 15 heavy (non-hydrogen) atoms. The van der Waals surface area contributed by atoms with Gasteiger partial charge in [0, 0.05) is 6.04 Å². The first-order valence-corrected chi connectivity index (χ1v) is 6.39. The monoisotopic (exact) mass is 282 g/mol. The van der Waals surface area contributed by atoms with Gasteiger partial charge in [-0.15, -0.1) is 0 Å². The van der Waals surface area contributed by atoms with Crippen LogP contribution < -0.4 is 5.32 Å². The van der Waals surface area contributed by atoms with Crippen LogP contribution in [0.3, 0.4) is 0 Å². The number of nitrogens with zero attached hydrogens (tertiary/aromatic N) is 1. The smallest absolute Gasteiger partial charge is 0.106 e. The van der Waals surface area contributed by atoms with Gasteiger partial charge in [0.2, 0.25) is 0 Å². The van der Waals surface area contributed by atoms with Gasteiger partial charge in [0.15, 0.2) is 0 Å². The summed E-state index contributed by atoms with van der Waals surface area (Å²) in [5.74, 6) is 0. The van der Waals surface area contributed by atoms with Crippen molar-refractivity contribution in [2.45, 2.75) is 13.0 Å². The van der Waals surface area contributed by atoms with E-state index >= 15 is 0 Å². The van der Waals surface area contributed by atoms with Gasteiger partial charge in [0.25, 0.3) is 0 Å². The molecule has 0 aliphatic heterocycles. The van der Waals surface area contributed by atoms with E-state index in [1.54, 1.807) is 11.3 Å². The Morgan fingerprint density at radius 3 is 2.87 bits per heavy atom. The van der Waals surface area contributed by atoms with E-state index in [9.17, 15) is 0 Å². The van der Waals surface area contributed by atoms with Gasteiger partial charge in [0.05, 0.1) is 11.9 Å². The Bertz CT molecular complexity index is 411. The van der Waals surface area contributed by atoms with Crippen LogP contribution in [0.4, 0.5) is 5.69 Å². The van der Waals surface area contributed by atoms with Gasteiger partial charge in [-0.1, -0.05) is 0 Å². The number of hydrogen-bond donors (Lipinski definition) is 1. The van der Waals surface area contributed by atoms with E-state index in [1.165, 1.54) is 5.56 Å². The lowest BCUT2D eigenvalue weighted by Crippen LogP contribution is -2.05. The van der Waals surface area contributed by atoms with Gasteiger partial charge in [-0.2, -0.15) is 11.3 Å². The molecule has 0 spiro atoms. The van der Waals surface area contributed by atoms with E-state index in [2.05, 4.69) is 50.0 Å². The van der Waals surface area contributed by atoms with Crippen LogP contribution in [-0.4, -0.2) is 4.98 Å². The molecular formula is C11H11BrN2S. The van der Waals surface area contributed by atoms with E-state index in [4.69, 9.17) is 0 Å². The van der Waals surface area contributed by atoms with Gasteiger partial charge >= 0.3 is 0 Å². The Morgan fingerprint density at radius 2 is 2.27 bits per heavy atom. The fourth-order valence-electron chi connectivity index (χ4n) is 1.32. The topological polar surface area (TPSA) is 24.9 Å². The minimum atomic E-state index is 0.319. The van der Waals surface area contributed by atoms with Crippen LogP contribution in [0.5, 0.6) is 0 Å². The van der Waals surface area contributed by atoms with Crippen LogP contribution in [0.25, 0.3) is 0 Å². The highest BCUT2D eigenvalue weighted by molar-refractivity contribution is 9.10. The maximum Gasteiger partial charge on any atom is 0.106 e. The molecule has 0 aliphatic carbocycles. The van der Waals surface area contributed by atoms with Crippen molar-refractivity contribution in [3.8, 4) is 0 Å². The molecule has 0 fully saturated rings. The average molecular weight is 283 g/mol. The quantitative estimate of drug-likeness (QED) is 0.858. The first kappa shape index (κ1) is 10.6. The van der Waals surface area contributed by atoms with Crippen molar-refractivity contribution in [1.29, 1.82) is 0 Å². The summed E-state index contributed by atoms with van der Waals surface area (Å²) in [6, 6.07) is 6.40. The van der Waals surface area contributed by atoms with Gasteiger partial charge in [-0.05, 0) is 57.4 Å². The summed E-state index contributed by atoms with van der Waals surface area (Å²) in [5, 5.41) is 7.64. The molecule has 2 aromatic rings. The second-order valence-electron chi connectivity index (χ2n) is 3.29. The third kappa shape index (κ3) is 2.79. The number of thiophene rings is 1. The molecule has 0 radical (unpaired) electrons. The second kappa shape index (κ2) is 4.77. The highest BCUT2D eigenvalue weighted by Gasteiger charge is 2.05. The Labute approximate surface area is 101 Å². The lowest BCUT2D eigenvalue weighted by atomic mass is 10.2. The Balaban J connectivity index is 2.06. The van der Waals surface area contributed by atoms with Crippen LogP contribution in [0.15, 0.2) is 39.8 Å². The normalized spacial score (nSPS) is 12.4. The van der Waals surface area contributed by atoms with Crippen molar-refractivity contribution in [1.82, 2.24) is 4.98 Å². The summed E-state index contributed by atoms with van der Waals surface area (Å²) >= 11 is 5.03. The fourth-order valence-corrected chi connectivity index (χ4v) is 2.30. The summed E-state index contributed by atoms with van der Waals surface area (Å²) in [4.78, 5) is 4.17. The summed E-state index contributed by atoms with van der Waals surface area (Å²) in [5.41, 5.74) is 2.35. The van der Waals surface area contributed by atoms with Gasteiger partial charge < -0.3 is 5.32 Å². The minimum Gasteiger partial charge on any atom is -0.377 e. The molecule has 2 rings (SSSR count). The zero-order chi connectivity index (χ0) is 10.7. The Kier molecular flexibility index (Phi) is 3.38. The molecule has 2 heterocycles. The largest absolute Gasteiger partial charge is 0.377 e. The van der Waals surface area contributed by atoms with Crippen molar-refractivity contribution in [3.63, 3.8) is 0 Å². The number of pyridine rings is 1. The number of nitrogens with one attached hydrogen (secondary N) is 1. The van der Waals surface area contributed by atoms with Gasteiger partial charge in [-0.3, -0.25) is 0 Å². The van der Waals surface area contributed by atoms with Crippen molar-refractivity contribution >= 4 is 33.0 Å². The molecule has 0 aliphatic rings. The molecule has 78 valence electrons. The van der Waals surface area contributed by atoms with Gasteiger partial charge in [0.1, 0.15) is 4.60 Å². The summed E-state index contributed by atoms with van der Waals surface area (Å²) in [6.07, 6.45) is 1.83. The molecule has 0 saturated heterocycles. The van der Waals surface area contributed by atoms with Crippen molar-refractivity contribution in [3.05, 3.63) is 45.3 Å². The number of anilines is 1. The first-order chi connectivity index (χ1) is 7.25. The third-order valence-electron chi connectivity index (χ3n) is 2.15. The molecule has 0 amide bonds. The Morgan fingerprint density at radius 1 is 1.40 bits per heavy atom. The maximum atomic E-state index is 4.17. The molecule has 1 unspecified atom stereocenters. The zero-order valence-corrected chi connectivity index (χ0v) is 10.7. The number of halogens is 1. The number of hydrogen-bond acceptors (Lipinski definition) is 3. The van der Waals surface area contributed by atoms with Crippen LogP contribution in [-0.2, 0) is 0 Å². The molecule has 2 nitrogen and oxygen atoms in total. The molecule has 4 heteroatoms. The summed E-state index contributed by atoms with van der Waals surface area (Å²) < 4.78 is 0.858. The van der Waals surface area contributed by atoms with E-state index in [0.717, 1.165) is 10.3 Å². The molecule has 1 atom stereocenters. The zero-order valence-electron chi connectivity index (χ0n) is 8.27. The SMILES string of the molecule is CC(Nc1ccc(Br)nc1)c1ccsc1.